The molecule has 0 spiro atoms. The molecule has 2 heterocycles. The lowest BCUT2D eigenvalue weighted by Gasteiger charge is -2.19. The number of hydrogen-bond donors (Lipinski definition) is 1. The minimum atomic E-state index is 0.748. The molecule has 1 unspecified atom stereocenters. The quantitative estimate of drug-likeness (QED) is 0.871. The van der Waals surface area contributed by atoms with E-state index in [0.29, 0.717) is 0 Å². The maximum Gasteiger partial charge on any atom is 0.0501 e. The van der Waals surface area contributed by atoms with Crippen molar-refractivity contribution in [3.63, 3.8) is 0 Å². The summed E-state index contributed by atoms with van der Waals surface area (Å²) in [5.41, 5.74) is 7.53. The SMILES string of the molecule is CC1CCCN(CCc2ccc(N)cn2)CC1. The van der Waals surface area contributed by atoms with E-state index in [0.717, 1.165) is 30.3 Å². The number of nitrogens with zero attached hydrogens (tertiary/aromatic N) is 2. The summed E-state index contributed by atoms with van der Waals surface area (Å²) in [5.74, 6) is 0.898. The van der Waals surface area contributed by atoms with E-state index in [1.54, 1.807) is 6.20 Å². The summed E-state index contributed by atoms with van der Waals surface area (Å²) in [5, 5.41) is 0. The summed E-state index contributed by atoms with van der Waals surface area (Å²) in [4.78, 5) is 6.92. The zero-order valence-corrected chi connectivity index (χ0v) is 10.7. The van der Waals surface area contributed by atoms with Crippen LogP contribution in [0.4, 0.5) is 5.69 Å². The van der Waals surface area contributed by atoms with Crippen LogP contribution in [0.15, 0.2) is 18.3 Å². The number of nitrogens with two attached hydrogens (primary N) is 1. The highest BCUT2D eigenvalue weighted by atomic mass is 15.1. The number of rotatable bonds is 3. The highest BCUT2D eigenvalue weighted by Gasteiger charge is 2.13. The monoisotopic (exact) mass is 233 g/mol. The van der Waals surface area contributed by atoms with Crippen LogP contribution in [0.25, 0.3) is 0 Å². The maximum absolute atomic E-state index is 5.63. The molecule has 3 nitrogen and oxygen atoms in total. The molecular weight excluding hydrogens is 210 g/mol. The molecule has 0 saturated carbocycles. The third-order valence-corrected chi connectivity index (χ3v) is 3.64. The van der Waals surface area contributed by atoms with Gasteiger partial charge in [-0.25, -0.2) is 0 Å². The average molecular weight is 233 g/mol. The summed E-state index contributed by atoms with van der Waals surface area (Å²) in [6.45, 7) is 5.99. The first-order valence-corrected chi connectivity index (χ1v) is 6.67. The Hall–Kier alpha value is -1.09. The standard InChI is InChI=1S/C14H23N3/c1-12-3-2-8-17(9-6-12)10-7-14-5-4-13(15)11-16-14/h4-5,11-12H,2-3,6-10,15H2,1H3. The van der Waals surface area contributed by atoms with Gasteiger partial charge in [-0.15, -0.1) is 0 Å². The number of likely N-dealkylation sites (tertiary alicyclic amines) is 1. The second kappa shape index (κ2) is 6.01. The summed E-state index contributed by atoms with van der Waals surface area (Å²) in [6.07, 6.45) is 6.86. The van der Waals surface area contributed by atoms with Crippen molar-refractivity contribution < 1.29 is 0 Å². The Morgan fingerprint density at radius 3 is 3.00 bits per heavy atom. The second-order valence-corrected chi connectivity index (χ2v) is 5.21. The molecule has 1 aliphatic rings. The Morgan fingerprint density at radius 1 is 1.35 bits per heavy atom. The van der Waals surface area contributed by atoms with Crippen LogP contribution in [0.1, 0.15) is 31.9 Å². The van der Waals surface area contributed by atoms with Gasteiger partial charge in [-0.2, -0.15) is 0 Å². The molecule has 0 bridgehead atoms. The van der Waals surface area contributed by atoms with Crippen LogP contribution >= 0.6 is 0 Å². The van der Waals surface area contributed by atoms with Crippen LogP contribution in [0.3, 0.4) is 0 Å². The molecule has 0 amide bonds. The van der Waals surface area contributed by atoms with Crippen LogP contribution in [-0.4, -0.2) is 29.5 Å². The molecule has 0 aromatic carbocycles. The van der Waals surface area contributed by atoms with Gasteiger partial charge >= 0.3 is 0 Å². The van der Waals surface area contributed by atoms with Crippen LogP contribution in [0.5, 0.6) is 0 Å². The van der Waals surface area contributed by atoms with Crippen molar-refractivity contribution in [1.82, 2.24) is 9.88 Å². The van der Waals surface area contributed by atoms with Gasteiger partial charge < -0.3 is 10.6 Å². The van der Waals surface area contributed by atoms with Gasteiger partial charge in [0.25, 0.3) is 0 Å². The van der Waals surface area contributed by atoms with Gasteiger partial charge in [0.15, 0.2) is 0 Å². The predicted molar refractivity (Wildman–Crippen MR) is 71.8 cm³/mol. The molecular formula is C14H23N3. The van der Waals surface area contributed by atoms with Gasteiger partial charge in [0.05, 0.1) is 11.9 Å². The van der Waals surface area contributed by atoms with Gasteiger partial charge in [-0.3, -0.25) is 4.98 Å². The molecule has 17 heavy (non-hydrogen) atoms. The zero-order chi connectivity index (χ0) is 12.1. The zero-order valence-electron chi connectivity index (χ0n) is 10.7. The fourth-order valence-electron chi connectivity index (χ4n) is 2.40. The predicted octanol–water partition coefficient (Wildman–Crippen LogP) is 2.33. The lowest BCUT2D eigenvalue weighted by atomic mass is 10.0. The molecule has 2 N–H and O–H groups in total. The fraction of sp³-hybridized carbons (Fsp3) is 0.643. The number of nitrogen functional groups attached to an aromatic ring is 1. The van der Waals surface area contributed by atoms with Gasteiger partial charge in [0, 0.05) is 18.7 Å². The van der Waals surface area contributed by atoms with Gasteiger partial charge in [-0.05, 0) is 50.4 Å². The number of hydrogen-bond acceptors (Lipinski definition) is 3. The fourth-order valence-corrected chi connectivity index (χ4v) is 2.40. The normalized spacial score (nSPS) is 22.3. The van der Waals surface area contributed by atoms with E-state index in [2.05, 4.69) is 16.8 Å². The van der Waals surface area contributed by atoms with Crippen LogP contribution < -0.4 is 5.73 Å². The van der Waals surface area contributed by atoms with E-state index in [9.17, 15) is 0 Å². The molecule has 1 atom stereocenters. The largest absolute Gasteiger partial charge is 0.397 e. The van der Waals surface area contributed by atoms with Gasteiger partial charge in [0.2, 0.25) is 0 Å². The average Bonchev–Trinajstić information content (AvgIpc) is 2.54. The molecule has 1 saturated heterocycles. The Labute approximate surface area is 104 Å². The lowest BCUT2D eigenvalue weighted by molar-refractivity contribution is 0.284. The first-order chi connectivity index (χ1) is 8.24. The van der Waals surface area contributed by atoms with Crippen LogP contribution in [0.2, 0.25) is 0 Å². The van der Waals surface area contributed by atoms with Gasteiger partial charge in [-0.1, -0.05) is 6.92 Å². The van der Waals surface area contributed by atoms with E-state index in [4.69, 9.17) is 5.73 Å². The lowest BCUT2D eigenvalue weighted by Crippen LogP contribution is -2.27. The van der Waals surface area contributed by atoms with Crippen molar-refractivity contribution in [3.8, 4) is 0 Å². The molecule has 1 aliphatic heterocycles. The summed E-state index contributed by atoms with van der Waals surface area (Å²) in [7, 11) is 0. The Kier molecular flexibility index (Phi) is 4.37. The van der Waals surface area contributed by atoms with Crippen LogP contribution in [-0.2, 0) is 6.42 Å². The van der Waals surface area contributed by atoms with E-state index in [1.165, 1.54) is 32.4 Å². The third kappa shape index (κ3) is 4.00. The highest BCUT2D eigenvalue weighted by molar-refractivity contribution is 5.34. The minimum Gasteiger partial charge on any atom is -0.397 e. The van der Waals surface area contributed by atoms with Crippen molar-refractivity contribution in [2.24, 2.45) is 5.92 Å². The highest BCUT2D eigenvalue weighted by Crippen LogP contribution is 2.16. The number of aromatic nitrogens is 1. The molecule has 1 aromatic heterocycles. The number of pyridine rings is 1. The summed E-state index contributed by atoms with van der Waals surface area (Å²) in [6, 6.07) is 3.97. The topological polar surface area (TPSA) is 42.1 Å². The van der Waals surface area contributed by atoms with E-state index >= 15 is 0 Å². The molecule has 3 heteroatoms. The molecule has 0 radical (unpaired) electrons. The van der Waals surface area contributed by atoms with E-state index in [-0.39, 0.29) is 0 Å². The van der Waals surface area contributed by atoms with Crippen molar-refractivity contribution in [2.75, 3.05) is 25.4 Å². The summed E-state index contributed by atoms with van der Waals surface area (Å²) >= 11 is 0. The van der Waals surface area contributed by atoms with Crippen molar-refractivity contribution in [1.29, 1.82) is 0 Å². The molecule has 1 fully saturated rings. The Morgan fingerprint density at radius 2 is 2.24 bits per heavy atom. The van der Waals surface area contributed by atoms with Crippen molar-refractivity contribution in [2.45, 2.75) is 32.6 Å². The van der Waals surface area contributed by atoms with Crippen molar-refractivity contribution >= 4 is 5.69 Å². The Bertz CT molecular complexity index is 334. The van der Waals surface area contributed by atoms with Gasteiger partial charge in [0.1, 0.15) is 0 Å². The maximum atomic E-state index is 5.63. The first-order valence-electron chi connectivity index (χ1n) is 6.67. The first kappa shape index (κ1) is 12.4. The molecule has 2 rings (SSSR count). The smallest absolute Gasteiger partial charge is 0.0501 e. The molecule has 0 aliphatic carbocycles. The summed E-state index contributed by atoms with van der Waals surface area (Å²) < 4.78 is 0. The molecule has 1 aromatic rings. The van der Waals surface area contributed by atoms with E-state index < -0.39 is 0 Å². The van der Waals surface area contributed by atoms with E-state index in [1.807, 2.05) is 12.1 Å². The second-order valence-electron chi connectivity index (χ2n) is 5.21. The van der Waals surface area contributed by atoms with Crippen LogP contribution in [0, 0.1) is 5.92 Å². The third-order valence-electron chi connectivity index (χ3n) is 3.64. The molecule has 94 valence electrons. The minimum absolute atomic E-state index is 0.748. The Balaban J connectivity index is 1.79. The number of anilines is 1. The van der Waals surface area contributed by atoms with Crippen molar-refractivity contribution in [3.05, 3.63) is 24.0 Å².